The molecule has 6 heteroatoms. The molecule has 0 aliphatic carbocycles. The van der Waals surface area contributed by atoms with E-state index in [0.29, 0.717) is 19.7 Å². The molecule has 0 aromatic rings. The van der Waals surface area contributed by atoms with Crippen LogP contribution in [0.15, 0.2) is 11.8 Å². The zero-order chi connectivity index (χ0) is 13.1. The quantitative estimate of drug-likeness (QED) is 0.616. The molecular weight excluding hydrogens is 222 g/mol. The summed E-state index contributed by atoms with van der Waals surface area (Å²) in [5.41, 5.74) is 1.09. The molecule has 0 atom stereocenters. The number of amides is 3. The smallest absolute Gasteiger partial charge is 0.407 e. The Kier molecular flexibility index (Phi) is 8.54. The van der Waals surface area contributed by atoms with E-state index in [0.717, 1.165) is 12.0 Å². The Morgan fingerprint density at radius 1 is 1.18 bits per heavy atom. The molecule has 0 bridgehead atoms. The molecule has 0 aliphatic heterocycles. The van der Waals surface area contributed by atoms with Crippen molar-refractivity contribution in [3.8, 4) is 0 Å². The van der Waals surface area contributed by atoms with Crippen molar-refractivity contribution in [2.75, 3.05) is 19.7 Å². The molecule has 0 saturated carbocycles. The fourth-order valence-electron chi connectivity index (χ4n) is 0.865. The van der Waals surface area contributed by atoms with Gasteiger partial charge in [0.15, 0.2) is 0 Å². The molecule has 0 saturated heterocycles. The van der Waals surface area contributed by atoms with Gasteiger partial charge in [0.25, 0.3) is 0 Å². The van der Waals surface area contributed by atoms with Crippen molar-refractivity contribution in [2.45, 2.75) is 27.2 Å². The third kappa shape index (κ3) is 9.22. The lowest BCUT2D eigenvalue weighted by atomic mass is 10.3. The normalized spacial score (nSPS) is 10.6. The number of carbonyl (C=O) groups excluding carboxylic acids is 2. The SMILES string of the molecule is CCOC(=O)NCCNC(=O)N/C=C(\C)CC. The van der Waals surface area contributed by atoms with Crippen LogP contribution in [0.2, 0.25) is 0 Å². The first-order chi connectivity index (χ1) is 8.10. The van der Waals surface area contributed by atoms with Crippen LogP contribution in [0.4, 0.5) is 9.59 Å². The minimum absolute atomic E-state index is 0.288. The predicted octanol–water partition coefficient (Wildman–Crippen LogP) is 1.35. The monoisotopic (exact) mass is 243 g/mol. The number of nitrogens with one attached hydrogen (secondary N) is 3. The maximum atomic E-state index is 11.2. The summed E-state index contributed by atoms with van der Waals surface area (Å²) < 4.78 is 4.65. The van der Waals surface area contributed by atoms with Crippen LogP contribution in [0.1, 0.15) is 27.2 Å². The number of rotatable bonds is 6. The van der Waals surface area contributed by atoms with E-state index in [9.17, 15) is 9.59 Å². The van der Waals surface area contributed by atoms with Gasteiger partial charge in [-0.3, -0.25) is 0 Å². The van der Waals surface area contributed by atoms with E-state index in [1.807, 2.05) is 13.8 Å². The van der Waals surface area contributed by atoms with Gasteiger partial charge >= 0.3 is 12.1 Å². The summed E-state index contributed by atoms with van der Waals surface area (Å²) in [6, 6.07) is -0.288. The molecule has 0 aliphatic rings. The predicted molar refractivity (Wildman–Crippen MR) is 65.6 cm³/mol. The molecule has 0 radical (unpaired) electrons. The Morgan fingerprint density at radius 2 is 1.82 bits per heavy atom. The fraction of sp³-hybridized carbons (Fsp3) is 0.636. The average molecular weight is 243 g/mol. The molecule has 0 spiro atoms. The van der Waals surface area contributed by atoms with Crippen molar-refractivity contribution >= 4 is 12.1 Å². The Balaban J connectivity index is 3.55. The highest BCUT2D eigenvalue weighted by molar-refractivity contribution is 5.75. The lowest BCUT2D eigenvalue weighted by molar-refractivity contribution is 0.152. The fourth-order valence-corrected chi connectivity index (χ4v) is 0.865. The summed E-state index contributed by atoms with van der Waals surface area (Å²) >= 11 is 0. The van der Waals surface area contributed by atoms with E-state index in [1.165, 1.54) is 0 Å². The zero-order valence-electron chi connectivity index (χ0n) is 10.6. The van der Waals surface area contributed by atoms with Crippen molar-refractivity contribution in [1.29, 1.82) is 0 Å². The van der Waals surface area contributed by atoms with Crippen LogP contribution < -0.4 is 16.0 Å². The van der Waals surface area contributed by atoms with E-state index < -0.39 is 6.09 Å². The molecule has 3 N–H and O–H groups in total. The second-order valence-corrected chi connectivity index (χ2v) is 3.39. The van der Waals surface area contributed by atoms with Gasteiger partial charge in [0.1, 0.15) is 0 Å². The first kappa shape index (κ1) is 15.3. The number of hydrogen-bond donors (Lipinski definition) is 3. The van der Waals surface area contributed by atoms with Gasteiger partial charge in [0.2, 0.25) is 0 Å². The van der Waals surface area contributed by atoms with Crippen molar-refractivity contribution in [3.63, 3.8) is 0 Å². The number of alkyl carbamates (subject to hydrolysis) is 1. The van der Waals surface area contributed by atoms with Crippen molar-refractivity contribution in [2.24, 2.45) is 0 Å². The van der Waals surface area contributed by atoms with Crippen LogP contribution in [0.5, 0.6) is 0 Å². The molecule has 0 aromatic carbocycles. The third-order valence-corrected chi connectivity index (χ3v) is 1.96. The molecule has 17 heavy (non-hydrogen) atoms. The summed E-state index contributed by atoms with van der Waals surface area (Å²) in [7, 11) is 0. The Hall–Kier alpha value is -1.72. The van der Waals surface area contributed by atoms with Gasteiger partial charge in [-0.2, -0.15) is 0 Å². The zero-order valence-corrected chi connectivity index (χ0v) is 10.6. The number of ether oxygens (including phenoxy) is 1. The highest BCUT2D eigenvalue weighted by Gasteiger charge is 2.00. The highest BCUT2D eigenvalue weighted by atomic mass is 16.5. The van der Waals surface area contributed by atoms with Gasteiger partial charge < -0.3 is 20.7 Å². The van der Waals surface area contributed by atoms with Crippen molar-refractivity contribution < 1.29 is 14.3 Å². The largest absolute Gasteiger partial charge is 0.450 e. The lowest BCUT2D eigenvalue weighted by Crippen LogP contribution is -2.38. The molecule has 3 amide bonds. The molecular formula is C11H21N3O3. The second-order valence-electron chi connectivity index (χ2n) is 3.39. The van der Waals surface area contributed by atoms with Crippen LogP contribution in [0.25, 0.3) is 0 Å². The number of carbonyl (C=O) groups is 2. The van der Waals surface area contributed by atoms with Gasteiger partial charge in [-0.25, -0.2) is 9.59 Å². The van der Waals surface area contributed by atoms with Crippen LogP contribution in [-0.4, -0.2) is 31.8 Å². The van der Waals surface area contributed by atoms with Gasteiger partial charge in [-0.05, 0) is 20.3 Å². The standard InChI is InChI=1S/C11H21N3O3/c1-4-9(3)8-14-10(15)12-6-7-13-11(16)17-5-2/h8H,4-7H2,1-3H3,(H,13,16)(H2,12,14,15)/b9-8+. The molecule has 0 aromatic heterocycles. The molecule has 0 rings (SSSR count). The maximum absolute atomic E-state index is 11.2. The Morgan fingerprint density at radius 3 is 2.41 bits per heavy atom. The molecule has 98 valence electrons. The number of hydrogen-bond acceptors (Lipinski definition) is 3. The number of allylic oxidation sites excluding steroid dienone is 1. The van der Waals surface area contributed by atoms with Gasteiger partial charge in [-0.1, -0.05) is 12.5 Å². The Bertz CT molecular complexity index is 277. The van der Waals surface area contributed by atoms with Crippen LogP contribution in [0.3, 0.4) is 0 Å². The molecule has 0 fully saturated rings. The van der Waals surface area contributed by atoms with Crippen molar-refractivity contribution in [1.82, 2.24) is 16.0 Å². The molecule has 0 unspecified atom stereocenters. The minimum atomic E-state index is -0.476. The second kappa shape index (κ2) is 9.50. The van der Waals surface area contributed by atoms with Crippen molar-refractivity contribution in [3.05, 3.63) is 11.8 Å². The summed E-state index contributed by atoms with van der Waals surface area (Å²) in [6.45, 7) is 6.69. The summed E-state index contributed by atoms with van der Waals surface area (Å²) in [4.78, 5) is 22.1. The van der Waals surface area contributed by atoms with Crippen LogP contribution >= 0.6 is 0 Å². The minimum Gasteiger partial charge on any atom is -0.450 e. The maximum Gasteiger partial charge on any atom is 0.407 e. The van der Waals surface area contributed by atoms with E-state index in [2.05, 4.69) is 20.7 Å². The first-order valence-electron chi connectivity index (χ1n) is 5.70. The summed E-state index contributed by atoms with van der Waals surface area (Å²) in [6.07, 6.45) is 2.08. The van der Waals surface area contributed by atoms with E-state index in [4.69, 9.17) is 0 Å². The first-order valence-corrected chi connectivity index (χ1v) is 5.70. The average Bonchev–Trinajstić information content (AvgIpc) is 2.32. The van der Waals surface area contributed by atoms with Gasteiger partial charge in [-0.15, -0.1) is 0 Å². The van der Waals surface area contributed by atoms with Gasteiger partial charge in [0, 0.05) is 19.3 Å². The molecule has 6 nitrogen and oxygen atoms in total. The van der Waals surface area contributed by atoms with E-state index >= 15 is 0 Å². The van der Waals surface area contributed by atoms with Crippen LogP contribution in [0, 0.1) is 0 Å². The lowest BCUT2D eigenvalue weighted by Gasteiger charge is -2.07. The summed E-state index contributed by atoms with van der Waals surface area (Å²) in [5.74, 6) is 0. The Labute approximate surface area is 102 Å². The van der Waals surface area contributed by atoms with Gasteiger partial charge in [0.05, 0.1) is 6.61 Å². The van der Waals surface area contributed by atoms with E-state index in [1.54, 1.807) is 13.1 Å². The number of urea groups is 1. The van der Waals surface area contributed by atoms with E-state index in [-0.39, 0.29) is 6.03 Å². The molecule has 0 heterocycles. The topological polar surface area (TPSA) is 79.5 Å². The van der Waals surface area contributed by atoms with Crippen LogP contribution in [-0.2, 0) is 4.74 Å². The highest BCUT2D eigenvalue weighted by Crippen LogP contribution is 1.93. The third-order valence-electron chi connectivity index (χ3n) is 1.96. The summed E-state index contributed by atoms with van der Waals surface area (Å²) in [5, 5.41) is 7.68.